The molecular formula is C12H28P2. The van der Waals surface area contributed by atoms with Gasteiger partial charge in [0.05, 0.1) is 0 Å². The Kier molecular flexibility index (Phi) is 9.67. The van der Waals surface area contributed by atoms with E-state index in [0.29, 0.717) is 15.8 Å². The quantitative estimate of drug-likeness (QED) is 0.402. The number of hydrogen-bond donors (Lipinski definition) is 0. The smallest absolute Gasteiger partial charge is 0.00157 e. The Morgan fingerprint density at radius 1 is 0.786 bits per heavy atom. The largest absolute Gasteiger partial charge is 0.106 e. The minimum Gasteiger partial charge on any atom is -0.106 e. The van der Waals surface area contributed by atoms with Crippen LogP contribution in [-0.4, -0.2) is 32.1 Å². The summed E-state index contributed by atoms with van der Waals surface area (Å²) < 4.78 is 0. The van der Waals surface area contributed by atoms with E-state index in [1.165, 1.54) is 38.5 Å². The molecule has 0 heterocycles. The van der Waals surface area contributed by atoms with E-state index in [1.807, 2.05) is 0 Å². The molecule has 0 aromatic carbocycles. The molecule has 14 heavy (non-hydrogen) atoms. The molecule has 2 heteroatoms. The summed E-state index contributed by atoms with van der Waals surface area (Å²) in [6.45, 7) is 12.1. The topological polar surface area (TPSA) is 0 Å². The molecule has 0 N–H and O–H groups in total. The maximum absolute atomic E-state index is 2.45. The highest BCUT2D eigenvalue weighted by molar-refractivity contribution is 7.74. The molecule has 86 valence electrons. The summed E-state index contributed by atoms with van der Waals surface area (Å²) in [7, 11) is 0.602. The van der Waals surface area contributed by atoms with Gasteiger partial charge in [-0.05, 0) is 38.5 Å². The zero-order chi connectivity index (χ0) is 11.0. The van der Waals surface area contributed by atoms with E-state index in [0.717, 1.165) is 5.40 Å². The molecule has 0 rings (SSSR count). The summed E-state index contributed by atoms with van der Waals surface area (Å²) in [5, 5.41) is 1.07. The van der Waals surface area contributed by atoms with Gasteiger partial charge in [-0.15, -0.1) is 15.8 Å². The number of rotatable bonds is 8. The van der Waals surface area contributed by atoms with Crippen molar-refractivity contribution in [2.24, 2.45) is 0 Å². The highest BCUT2D eigenvalue weighted by atomic mass is 31.2. The Morgan fingerprint density at radius 2 is 1.29 bits per heavy atom. The second-order valence-electron chi connectivity index (χ2n) is 4.61. The second-order valence-corrected chi connectivity index (χ2v) is 10.1. The van der Waals surface area contributed by atoms with E-state index < -0.39 is 0 Å². The molecule has 0 saturated carbocycles. The summed E-state index contributed by atoms with van der Waals surface area (Å²) in [5.41, 5.74) is 0. The first-order valence-corrected chi connectivity index (χ1v) is 10.5. The third kappa shape index (κ3) is 7.19. The molecule has 0 spiro atoms. The molecule has 0 aliphatic carbocycles. The summed E-state index contributed by atoms with van der Waals surface area (Å²) in [6, 6.07) is 0. The standard InChI is InChI=1S/C12H28P2/c1-6-7-8-9-10-11-12(13(2)3)14(4)5/h12H,6-11H2,1-5H3. The van der Waals surface area contributed by atoms with Gasteiger partial charge in [-0.1, -0.05) is 39.0 Å². The predicted octanol–water partition coefficient (Wildman–Crippen LogP) is 5.16. The van der Waals surface area contributed by atoms with Crippen LogP contribution in [0, 0.1) is 0 Å². The maximum atomic E-state index is 2.45. The highest BCUT2D eigenvalue weighted by Crippen LogP contribution is 2.52. The highest BCUT2D eigenvalue weighted by Gasteiger charge is 2.15. The first-order chi connectivity index (χ1) is 6.59. The van der Waals surface area contributed by atoms with E-state index in [9.17, 15) is 0 Å². The Labute approximate surface area is 93.8 Å². The molecular weight excluding hydrogens is 206 g/mol. The van der Waals surface area contributed by atoms with E-state index in [1.54, 1.807) is 0 Å². The van der Waals surface area contributed by atoms with Crippen LogP contribution in [-0.2, 0) is 0 Å². The zero-order valence-electron chi connectivity index (χ0n) is 10.7. The molecule has 0 bridgehead atoms. The molecule has 0 fully saturated rings. The molecule has 0 aliphatic heterocycles. The van der Waals surface area contributed by atoms with Crippen LogP contribution >= 0.6 is 15.8 Å². The minimum absolute atomic E-state index is 0.301. The van der Waals surface area contributed by atoms with Crippen LogP contribution in [0.2, 0.25) is 0 Å². The maximum Gasteiger partial charge on any atom is -0.00157 e. The third-order valence-electron chi connectivity index (χ3n) is 2.76. The molecule has 0 radical (unpaired) electrons. The fourth-order valence-electron chi connectivity index (χ4n) is 1.91. The molecule has 0 aromatic heterocycles. The first-order valence-electron chi connectivity index (χ1n) is 5.92. The van der Waals surface area contributed by atoms with Gasteiger partial charge in [0.1, 0.15) is 0 Å². The minimum atomic E-state index is 0.301. The molecule has 0 aromatic rings. The van der Waals surface area contributed by atoms with Gasteiger partial charge in [-0.25, -0.2) is 0 Å². The van der Waals surface area contributed by atoms with Crippen molar-refractivity contribution >= 4 is 15.8 Å². The second kappa shape index (κ2) is 9.11. The van der Waals surface area contributed by atoms with Crippen LogP contribution in [0.1, 0.15) is 45.4 Å². The lowest BCUT2D eigenvalue weighted by Gasteiger charge is -2.25. The van der Waals surface area contributed by atoms with Gasteiger partial charge in [0.2, 0.25) is 0 Å². The van der Waals surface area contributed by atoms with Crippen LogP contribution in [0.15, 0.2) is 0 Å². The fourth-order valence-corrected chi connectivity index (χ4v) is 7.00. The van der Waals surface area contributed by atoms with Crippen molar-refractivity contribution < 1.29 is 0 Å². The van der Waals surface area contributed by atoms with Crippen molar-refractivity contribution in [3.8, 4) is 0 Å². The Balaban J connectivity index is 3.52. The predicted molar refractivity (Wildman–Crippen MR) is 74.7 cm³/mol. The van der Waals surface area contributed by atoms with Gasteiger partial charge in [0.15, 0.2) is 0 Å². The first kappa shape index (κ1) is 14.9. The van der Waals surface area contributed by atoms with Crippen LogP contribution in [0.25, 0.3) is 0 Å². The van der Waals surface area contributed by atoms with Gasteiger partial charge in [0, 0.05) is 0 Å². The lowest BCUT2D eigenvalue weighted by molar-refractivity contribution is 0.620. The van der Waals surface area contributed by atoms with E-state index in [-0.39, 0.29) is 0 Å². The molecule has 0 aliphatic rings. The number of unbranched alkanes of at least 4 members (excludes halogenated alkanes) is 4. The average Bonchev–Trinajstić information content (AvgIpc) is 2.09. The van der Waals surface area contributed by atoms with Gasteiger partial charge in [-0.3, -0.25) is 0 Å². The lowest BCUT2D eigenvalue weighted by atomic mass is 10.1. The van der Waals surface area contributed by atoms with Crippen LogP contribution in [0.4, 0.5) is 0 Å². The molecule has 0 amide bonds. The van der Waals surface area contributed by atoms with E-state index in [2.05, 4.69) is 33.6 Å². The van der Waals surface area contributed by atoms with E-state index in [4.69, 9.17) is 0 Å². The Morgan fingerprint density at radius 3 is 1.71 bits per heavy atom. The summed E-state index contributed by atoms with van der Waals surface area (Å²) >= 11 is 0. The Hall–Kier alpha value is 0.860. The van der Waals surface area contributed by atoms with Crippen molar-refractivity contribution in [3.63, 3.8) is 0 Å². The van der Waals surface area contributed by atoms with Gasteiger partial charge < -0.3 is 0 Å². The summed E-state index contributed by atoms with van der Waals surface area (Å²) in [4.78, 5) is 0. The fraction of sp³-hybridized carbons (Fsp3) is 1.00. The lowest BCUT2D eigenvalue weighted by Crippen LogP contribution is -2.01. The van der Waals surface area contributed by atoms with Crippen molar-refractivity contribution in [1.29, 1.82) is 0 Å². The van der Waals surface area contributed by atoms with Crippen LogP contribution < -0.4 is 0 Å². The van der Waals surface area contributed by atoms with Gasteiger partial charge >= 0.3 is 0 Å². The van der Waals surface area contributed by atoms with Crippen molar-refractivity contribution in [1.82, 2.24) is 0 Å². The zero-order valence-corrected chi connectivity index (χ0v) is 12.5. The van der Waals surface area contributed by atoms with Gasteiger partial charge in [-0.2, -0.15) is 0 Å². The van der Waals surface area contributed by atoms with Crippen molar-refractivity contribution in [2.45, 2.75) is 50.8 Å². The Bertz CT molecular complexity index is 113. The monoisotopic (exact) mass is 234 g/mol. The summed E-state index contributed by atoms with van der Waals surface area (Å²) in [6.07, 6.45) is 8.71. The normalized spacial score (nSPS) is 12.0. The van der Waals surface area contributed by atoms with Crippen LogP contribution in [0.3, 0.4) is 0 Å². The van der Waals surface area contributed by atoms with Crippen molar-refractivity contribution in [2.75, 3.05) is 26.7 Å². The number of hydrogen-bond acceptors (Lipinski definition) is 0. The molecule has 0 nitrogen and oxygen atoms in total. The third-order valence-corrected chi connectivity index (χ3v) is 8.43. The molecule has 0 saturated heterocycles. The van der Waals surface area contributed by atoms with Gasteiger partial charge in [0.25, 0.3) is 0 Å². The average molecular weight is 234 g/mol. The van der Waals surface area contributed by atoms with E-state index >= 15 is 0 Å². The van der Waals surface area contributed by atoms with Crippen molar-refractivity contribution in [3.05, 3.63) is 0 Å². The SMILES string of the molecule is CCCCCCCC(P(C)C)P(C)C. The van der Waals surface area contributed by atoms with Crippen LogP contribution in [0.5, 0.6) is 0 Å². The molecule has 0 unspecified atom stereocenters. The summed E-state index contributed by atoms with van der Waals surface area (Å²) in [5.74, 6) is 0. The molecule has 0 atom stereocenters.